The van der Waals surface area contributed by atoms with Gasteiger partial charge in [-0.05, 0) is 127 Å². The zero-order valence-electron chi connectivity index (χ0n) is 32.2. The van der Waals surface area contributed by atoms with Crippen molar-refractivity contribution in [1.82, 2.24) is 4.57 Å². The van der Waals surface area contributed by atoms with E-state index in [2.05, 4.69) is 228 Å². The number of fused-ring (bicyclic) bond motifs is 8. The van der Waals surface area contributed by atoms with E-state index >= 15 is 0 Å². The summed E-state index contributed by atoms with van der Waals surface area (Å²) in [6.07, 6.45) is 0. The number of aromatic nitrogens is 1. The summed E-state index contributed by atoms with van der Waals surface area (Å²) in [7, 11) is 0. The molecule has 0 radical (unpaired) electrons. The van der Waals surface area contributed by atoms with Crippen LogP contribution in [-0.2, 0) is 5.41 Å². The molecular formula is C57H36N2. The van der Waals surface area contributed by atoms with Crippen LogP contribution in [0.2, 0.25) is 0 Å². The first-order valence-electron chi connectivity index (χ1n) is 20.5. The van der Waals surface area contributed by atoms with Crippen molar-refractivity contribution in [2.75, 3.05) is 4.90 Å². The molecule has 0 amide bonds. The number of para-hydroxylation sites is 2. The second kappa shape index (κ2) is 12.2. The molecule has 0 saturated heterocycles. The van der Waals surface area contributed by atoms with Gasteiger partial charge in [0.25, 0.3) is 0 Å². The molecule has 0 fully saturated rings. The smallest absolute Gasteiger partial charge is 0.0726 e. The quantitative estimate of drug-likeness (QED) is 0.170. The summed E-state index contributed by atoms with van der Waals surface area (Å²) in [5, 5.41) is 7.75. The normalized spacial score (nSPS) is 13.2. The van der Waals surface area contributed by atoms with Gasteiger partial charge in [-0.1, -0.05) is 152 Å². The minimum absolute atomic E-state index is 0.497. The fraction of sp³-hybridized carbons (Fsp3) is 0.0175. The van der Waals surface area contributed by atoms with E-state index in [1.165, 1.54) is 93.5 Å². The number of rotatable bonds is 5. The highest BCUT2D eigenvalue weighted by Crippen LogP contribution is 2.62. The Kier molecular flexibility index (Phi) is 6.68. The van der Waals surface area contributed by atoms with Gasteiger partial charge in [0, 0.05) is 33.2 Å². The third kappa shape index (κ3) is 4.35. The minimum Gasteiger partial charge on any atom is -0.310 e. The van der Waals surface area contributed by atoms with Gasteiger partial charge in [0.1, 0.15) is 0 Å². The van der Waals surface area contributed by atoms with Gasteiger partial charge in [-0.25, -0.2) is 0 Å². The first-order valence-corrected chi connectivity index (χ1v) is 20.5. The van der Waals surface area contributed by atoms with Crippen LogP contribution < -0.4 is 4.90 Å². The van der Waals surface area contributed by atoms with Crippen LogP contribution in [0.15, 0.2) is 218 Å². The van der Waals surface area contributed by atoms with Crippen molar-refractivity contribution in [3.8, 4) is 27.9 Å². The third-order valence-corrected chi connectivity index (χ3v) is 13.1. The average molecular weight is 749 g/mol. The second-order valence-corrected chi connectivity index (χ2v) is 16.0. The summed E-state index contributed by atoms with van der Waals surface area (Å²) in [5.41, 5.74) is 17.0. The fourth-order valence-electron chi connectivity index (χ4n) is 10.8. The van der Waals surface area contributed by atoms with Crippen molar-refractivity contribution in [3.63, 3.8) is 0 Å². The Morgan fingerprint density at radius 1 is 0.356 bits per heavy atom. The predicted molar refractivity (Wildman–Crippen MR) is 247 cm³/mol. The van der Waals surface area contributed by atoms with Crippen molar-refractivity contribution in [2.45, 2.75) is 5.41 Å². The second-order valence-electron chi connectivity index (χ2n) is 16.0. The molecule has 2 aliphatic rings. The van der Waals surface area contributed by atoms with Crippen LogP contribution in [0.5, 0.6) is 0 Å². The highest BCUT2D eigenvalue weighted by molar-refractivity contribution is 6.27. The number of anilines is 3. The molecule has 59 heavy (non-hydrogen) atoms. The molecule has 1 heterocycles. The van der Waals surface area contributed by atoms with Crippen LogP contribution in [0.3, 0.4) is 0 Å². The Labute approximate surface area is 342 Å². The van der Waals surface area contributed by atoms with Crippen molar-refractivity contribution < 1.29 is 0 Å². The SMILES string of the molecule is c1ccc(N(c2ccc(-c3cc4c5c(ccc6c5c5c(cccc5n6-c5ccccc5)C45c4ccccc4-c4ccccc45)c3)cc2)c2cccc3ccccc23)cc1. The van der Waals surface area contributed by atoms with E-state index in [0.29, 0.717) is 0 Å². The van der Waals surface area contributed by atoms with Gasteiger partial charge in [-0.2, -0.15) is 0 Å². The standard InChI is InChI=1S/C57H36N2/c1-3-17-41(18-4-1)58(51-27-13-16-38-15-7-8-21-44(38)51)43-32-29-37(30-33-43)40-35-39-31-34-53-56-54(39)50(36-40)57(47-24-11-9-22-45(47)46-23-10-12-25-48(46)57)49-26-14-28-52(55(49)56)59(53)42-19-5-2-6-20-42/h1-36H. The molecule has 274 valence electrons. The lowest BCUT2D eigenvalue weighted by molar-refractivity contribution is 0.783. The number of benzene rings is 10. The molecular weight excluding hydrogens is 713 g/mol. The van der Waals surface area contributed by atoms with Crippen molar-refractivity contribution in [3.05, 3.63) is 241 Å². The van der Waals surface area contributed by atoms with Crippen LogP contribution >= 0.6 is 0 Å². The molecule has 0 bridgehead atoms. The van der Waals surface area contributed by atoms with Gasteiger partial charge in [-0.15, -0.1) is 0 Å². The molecule has 1 spiro atoms. The van der Waals surface area contributed by atoms with E-state index in [1.807, 2.05) is 0 Å². The van der Waals surface area contributed by atoms with Crippen LogP contribution in [0.1, 0.15) is 22.3 Å². The number of hydrogen-bond donors (Lipinski definition) is 0. The fourth-order valence-corrected chi connectivity index (χ4v) is 10.8. The van der Waals surface area contributed by atoms with Gasteiger partial charge in [0.05, 0.1) is 22.1 Å². The molecule has 1 aromatic heterocycles. The maximum absolute atomic E-state index is 2.52. The largest absolute Gasteiger partial charge is 0.310 e. The Hall–Kier alpha value is -7.68. The molecule has 2 nitrogen and oxygen atoms in total. The molecule has 0 aliphatic heterocycles. The first kappa shape index (κ1) is 32.4. The Bertz CT molecular complexity index is 3440. The molecule has 2 heteroatoms. The van der Waals surface area contributed by atoms with Crippen molar-refractivity contribution in [1.29, 1.82) is 0 Å². The summed E-state index contributed by atoms with van der Waals surface area (Å²) in [6.45, 7) is 0. The van der Waals surface area contributed by atoms with Crippen LogP contribution in [0, 0.1) is 0 Å². The van der Waals surface area contributed by atoms with Crippen molar-refractivity contribution in [2.24, 2.45) is 0 Å². The zero-order chi connectivity index (χ0) is 38.7. The Morgan fingerprint density at radius 2 is 0.966 bits per heavy atom. The number of nitrogens with zero attached hydrogens (tertiary/aromatic N) is 2. The minimum atomic E-state index is -0.497. The molecule has 0 unspecified atom stereocenters. The van der Waals surface area contributed by atoms with Gasteiger partial charge < -0.3 is 9.47 Å². The highest BCUT2D eigenvalue weighted by Gasteiger charge is 2.50. The summed E-state index contributed by atoms with van der Waals surface area (Å²) in [6, 6.07) is 80.9. The zero-order valence-corrected chi connectivity index (χ0v) is 32.2. The maximum atomic E-state index is 2.52. The van der Waals surface area contributed by atoms with E-state index < -0.39 is 5.41 Å². The molecule has 0 saturated carbocycles. The first-order chi connectivity index (χ1) is 29.3. The topological polar surface area (TPSA) is 8.17 Å². The van der Waals surface area contributed by atoms with Crippen molar-refractivity contribution >= 4 is 60.4 Å². The maximum Gasteiger partial charge on any atom is 0.0726 e. The summed E-state index contributed by atoms with van der Waals surface area (Å²) in [4.78, 5) is 2.38. The van der Waals surface area contributed by atoms with Gasteiger partial charge in [0.15, 0.2) is 0 Å². The van der Waals surface area contributed by atoms with Gasteiger partial charge in [0.2, 0.25) is 0 Å². The molecule has 10 aromatic carbocycles. The lowest BCUT2D eigenvalue weighted by atomic mass is 9.62. The van der Waals surface area contributed by atoms with E-state index in [1.54, 1.807) is 0 Å². The van der Waals surface area contributed by atoms with E-state index in [-0.39, 0.29) is 0 Å². The van der Waals surface area contributed by atoms with Crippen LogP contribution in [0.4, 0.5) is 17.1 Å². The molecule has 11 aromatic rings. The van der Waals surface area contributed by atoms with E-state index in [0.717, 1.165) is 17.1 Å². The van der Waals surface area contributed by atoms with Gasteiger partial charge >= 0.3 is 0 Å². The lowest BCUT2D eigenvalue weighted by Gasteiger charge is -2.38. The summed E-state index contributed by atoms with van der Waals surface area (Å²) >= 11 is 0. The molecule has 0 N–H and O–H groups in total. The monoisotopic (exact) mass is 748 g/mol. The highest BCUT2D eigenvalue weighted by atomic mass is 15.1. The molecule has 2 aliphatic carbocycles. The molecule has 13 rings (SSSR count). The predicted octanol–water partition coefficient (Wildman–Crippen LogP) is 14.9. The third-order valence-electron chi connectivity index (χ3n) is 13.1. The molecule has 0 atom stereocenters. The summed E-state index contributed by atoms with van der Waals surface area (Å²) < 4.78 is 2.48. The Morgan fingerprint density at radius 3 is 1.75 bits per heavy atom. The Balaban J connectivity index is 1.08. The lowest BCUT2D eigenvalue weighted by Crippen LogP contribution is -2.30. The number of hydrogen-bond acceptors (Lipinski definition) is 1. The van der Waals surface area contributed by atoms with E-state index in [9.17, 15) is 0 Å². The summed E-state index contributed by atoms with van der Waals surface area (Å²) in [5.74, 6) is 0. The van der Waals surface area contributed by atoms with Crippen LogP contribution in [-0.4, -0.2) is 4.57 Å². The van der Waals surface area contributed by atoms with Crippen LogP contribution in [0.25, 0.3) is 71.3 Å². The van der Waals surface area contributed by atoms with Gasteiger partial charge in [-0.3, -0.25) is 0 Å². The average Bonchev–Trinajstić information content (AvgIpc) is 3.81. The van der Waals surface area contributed by atoms with E-state index in [4.69, 9.17) is 0 Å².